The number of pyridine rings is 1. The normalized spacial score (nSPS) is 16.2. The number of fused-ring (bicyclic) bond motifs is 1. The standard InChI is InChI=1S/C36H42N2O3.2ClH.Pt/c1-36(2)35(28-12-6-4-7-13-28)34(32-20-19-31(39-3)26-33(32)41-36)27-15-17-30(18-16-27)40-25-11-5-9-22-37-24-21-29-14-8-10-23-38-29;;;/h4,6-8,10,12-20,23,26,34-35,37H,5,9,11,21-22,24-25H2,1-3H3;2*1H;/q;;;+2/t34?,35-;;;/m0.../s1. The van der Waals surface area contributed by atoms with E-state index in [1.165, 1.54) is 16.7 Å². The number of benzene rings is 3. The number of aromatic nitrogens is 1. The number of nitrogens with zero attached hydrogens (tertiary/aromatic N) is 1. The van der Waals surface area contributed by atoms with Gasteiger partial charge in [-0.05, 0) is 81.1 Å². The Kier molecular flexibility index (Phi) is 15.7. The summed E-state index contributed by atoms with van der Waals surface area (Å²) in [5.41, 5.74) is 4.44. The molecule has 2 atom stereocenters. The summed E-state index contributed by atoms with van der Waals surface area (Å²) in [6.07, 6.45) is 6.16. The fourth-order valence-corrected chi connectivity index (χ4v) is 5.92. The van der Waals surface area contributed by atoms with Crippen molar-refractivity contribution < 1.29 is 35.3 Å². The van der Waals surface area contributed by atoms with Gasteiger partial charge < -0.3 is 19.5 Å². The van der Waals surface area contributed by atoms with Gasteiger partial charge in [-0.3, -0.25) is 4.98 Å². The first-order chi connectivity index (χ1) is 20.0. The van der Waals surface area contributed by atoms with Gasteiger partial charge in [0.05, 0.1) is 13.7 Å². The number of hydrogen-bond donors (Lipinski definition) is 1. The van der Waals surface area contributed by atoms with E-state index in [9.17, 15) is 0 Å². The monoisotopic (exact) mass is 817 g/mol. The van der Waals surface area contributed by atoms with Crippen molar-refractivity contribution in [3.05, 3.63) is 120 Å². The summed E-state index contributed by atoms with van der Waals surface area (Å²) < 4.78 is 18.2. The van der Waals surface area contributed by atoms with Crippen molar-refractivity contribution in [2.45, 2.75) is 57.0 Å². The third kappa shape index (κ3) is 9.72. The summed E-state index contributed by atoms with van der Waals surface area (Å²) in [7, 11) is 1.70. The van der Waals surface area contributed by atoms with E-state index < -0.39 is 5.60 Å². The molecule has 1 N–H and O–H groups in total. The minimum absolute atomic E-state index is 0. The van der Waals surface area contributed by atoms with Crippen molar-refractivity contribution in [3.63, 3.8) is 0 Å². The smallest absolute Gasteiger partial charge is 0.497 e. The quantitative estimate of drug-likeness (QED) is 0.138. The molecular formula is C36H44Cl2N2O3Pt+2. The molecule has 0 spiro atoms. The molecule has 2 heterocycles. The molecule has 3 aromatic carbocycles. The predicted molar refractivity (Wildman–Crippen MR) is 180 cm³/mol. The van der Waals surface area contributed by atoms with Gasteiger partial charge in [-0.15, -0.1) is 24.8 Å². The zero-order valence-electron chi connectivity index (χ0n) is 25.6. The SMILES string of the molecule is COc1ccc2c(c1)OC(C)(C)[C@@H](c1ccccc1)C2c1ccc(OCCCCCNCCc2ccccn2)cc1.Cl.Cl.[Pt+2]. The van der Waals surface area contributed by atoms with Crippen molar-refractivity contribution in [1.82, 2.24) is 10.3 Å². The van der Waals surface area contributed by atoms with Gasteiger partial charge in [0.1, 0.15) is 22.8 Å². The van der Waals surface area contributed by atoms with Gasteiger partial charge >= 0.3 is 21.1 Å². The summed E-state index contributed by atoms with van der Waals surface area (Å²) in [5.74, 6) is 2.90. The van der Waals surface area contributed by atoms with Crippen LogP contribution in [0.3, 0.4) is 0 Å². The van der Waals surface area contributed by atoms with Crippen LogP contribution in [-0.4, -0.2) is 37.4 Å². The number of halogens is 2. The van der Waals surface area contributed by atoms with Gasteiger partial charge in [-0.2, -0.15) is 0 Å². The van der Waals surface area contributed by atoms with Crippen LogP contribution in [0.2, 0.25) is 0 Å². The molecule has 8 heteroatoms. The van der Waals surface area contributed by atoms with Crippen LogP contribution in [0.15, 0.2) is 97.2 Å². The zero-order valence-corrected chi connectivity index (χ0v) is 29.6. The maximum absolute atomic E-state index is 6.62. The Balaban J connectivity index is 0.00000225. The molecule has 1 unspecified atom stereocenters. The molecule has 1 aliphatic heterocycles. The Morgan fingerprint density at radius 3 is 2.23 bits per heavy atom. The van der Waals surface area contributed by atoms with E-state index in [2.05, 4.69) is 90.9 Å². The molecule has 0 bridgehead atoms. The van der Waals surface area contributed by atoms with Gasteiger partial charge in [-0.25, -0.2) is 0 Å². The van der Waals surface area contributed by atoms with Crippen LogP contribution in [0.4, 0.5) is 0 Å². The van der Waals surface area contributed by atoms with E-state index in [4.69, 9.17) is 14.2 Å². The third-order valence-corrected chi connectivity index (χ3v) is 7.96. The number of unbranched alkanes of at least 4 members (excludes halogenated alkanes) is 2. The minimum atomic E-state index is -0.409. The summed E-state index contributed by atoms with van der Waals surface area (Å²) in [5, 5.41) is 3.52. The van der Waals surface area contributed by atoms with Crippen LogP contribution < -0.4 is 19.5 Å². The van der Waals surface area contributed by atoms with Crippen molar-refractivity contribution >= 4 is 24.8 Å². The van der Waals surface area contributed by atoms with Crippen LogP contribution in [0.25, 0.3) is 0 Å². The van der Waals surface area contributed by atoms with E-state index >= 15 is 0 Å². The maximum Gasteiger partial charge on any atom is 2.00 e. The van der Waals surface area contributed by atoms with Crippen LogP contribution in [0.5, 0.6) is 17.2 Å². The molecule has 0 aliphatic carbocycles. The molecule has 4 aromatic rings. The Labute approximate surface area is 289 Å². The third-order valence-electron chi connectivity index (χ3n) is 7.96. The molecule has 1 aromatic heterocycles. The van der Waals surface area contributed by atoms with E-state index in [-0.39, 0.29) is 57.7 Å². The van der Waals surface area contributed by atoms with E-state index in [1.807, 2.05) is 30.5 Å². The molecular weight excluding hydrogens is 774 g/mol. The van der Waals surface area contributed by atoms with Crippen molar-refractivity contribution in [2.75, 3.05) is 26.8 Å². The van der Waals surface area contributed by atoms with E-state index in [0.717, 1.165) is 68.3 Å². The zero-order chi connectivity index (χ0) is 28.5. The topological polar surface area (TPSA) is 52.6 Å². The molecule has 5 rings (SSSR count). The van der Waals surface area contributed by atoms with Gasteiger partial charge in [0, 0.05) is 48.3 Å². The first kappa shape index (κ1) is 37.6. The van der Waals surface area contributed by atoms with Gasteiger partial charge in [-0.1, -0.05) is 54.6 Å². The number of methoxy groups -OCH3 is 1. The molecule has 0 radical (unpaired) electrons. The molecule has 0 fully saturated rings. The minimum Gasteiger partial charge on any atom is -0.497 e. The summed E-state index contributed by atoms with van der Waals surface area (Å²) in [6.45, 7) is 7.10. The van der Waals surface area contributed by atoms with Crippen LogP contribution in [0, 0.1) is 0 Å². The van der Waals surface area contributed by atoms with Gasteiger partial charge in [0.15, 0.2) is 0 Å². The van der Waals surface area contributed by atoms with Gasteiger partial charge in [0.25, 0.3) is 0 Å². The molecule has 44 heavy (non-hydrogen) atoms. The summed E-state index contributed by atoms with van der Waals surface area (Å²) in [4.78, 5) is 4.37. The Morgan fingerprint density at radius 1 is 0.795 bits per heavy atom. The molecule has 0 amide bonds. The van der Waals surface area contributed by atoms with Crippen molar-refractivity contribution in [1.29, 1.82) is 0 Å². The summed E-state index contributed by atoms with van der Waals surface area (Å²) in [6, 6.07) is 31.7. The van der Waals surface area contributed by atoms with E-state index in [0.29, 0.717) is 0 Å². The predicted octanol–water partition coefficient (Wildman–Crippen LogP) is 8.40. The Bertz CT molecular complexity index is 1380. The fraction of sp³-hybridized carbons (Fsp3) is 0.361. The Morgan fingerprint density at radius 2 is 1.52 bits per heavy atom. The van der Waals surface area contributed by atoms with Gasteiger partial charge in [0.2, 0.25) is 0 Å². The number of hydrogen-bond acceptors (Lipinski definition) is 5. The first-order valence-electron chi connectivity index (χ1n) is 14.8. The average molecular weight is 819 g/mol. The second kappa shape index (κ2) is 18.4. The number of nitrogens with one attached hydrogen (secondary N) is 1. The fourth-order valence-electron chi connectivity index (χ4n) is 5.92. The molecule has 0 saturated heterocycles. The molecule has 238 valence electrons. The Hall–Kier alpha value is -2.56. The maximum atomic E-state index is 6.62. The second-order valence-electron chi connectivity index (χ2n) is 11.3. The van der Waals surface area contributed by atoms with Crippen LogP contribution in [0.1, 0.15) is 67.3 Å². The van der Waals surface area contributed by atoms with Crippen LogP contribution in [-0.2, 0) is 27.5 Å². The van der Waals surface area contributed by atoms with Crippen molar-refractivity contribution in [2.24, 2.45) is 0 Å². The number of ether oxygens (including phenoxy) is 3. The largest absolute Gasteiger partial charge is 2.00 e. The number of rotatable bonds is 13. The average Bonchev–Trinajstić information content (AvgIpc) is 3.00. The first-order valence-corrected chi connectivity index (χ1v) is 14.8. The van der Waals surface area contributed by atoms with E-state index in [1.54, 1.807) is 7.11 Å². The molecule has 5 nitrogen and oxygen atoms in total. The second-order valence-corrected chi connectivity index (χ2v) is 11.3. The van der Waals surface area contributed by atoms with Crippen LogP contribution >= 0.6 is 24.8 Å². The van der Waals surface area contributed by atoms with Crippen molar-refractivity contribution in [3.8, 4) is 17.2 Å². The molecule has 1 aliphatic rings. The summed E-state index contributed by atoms with van der Waals surface area (Å²) >= 11 is 0. The molecule has 0 saturated carbocycles.